The van der Waals surface area contributed by atoms with Crippen LogP contribution in [0.4, 0.5) is 11.4 Å². The summed E-state index contributed by atoms with van der Waals surface area (Å²) in [4.78, 5) is 16.1. The van der Waals surface area contributed by atoms with Gasteiger partial charge in [-0.3, -0.25) is 9.78 Å². The van der Waals surface area contributed by atoms with Crippen LogP contribution in [0.15, 0.2) is 24.3 Å². The highest BCUT2D eigenvalue weighted by Gasteiger charge is 2.06. The number of aromatic nitrogens is 1. The van der Waals surface area contributed by atoms with Gasteiger partial charge in [0.05, 0.1) is 12.1 Å². The second kappa shape index (κ2) is 6.23. The quantitative estimate of drug-likeness (QED) is 0.728. The number of amides is 1. The van der Waals surface area contributed by atoms with E-state index in [1.54, 1.807) is 0 Å². The van der Waals surface area contributed by atoms with Crippen molar-refractivity contribution in [3.63, 3.8) is 0 Å². The molecule has 0 aliphatic rings. The van der Waals surface area contributed by atoms with Gasteiger partial charge in [-0.05, 0) is 37.6 Å². The van der Waals surface area contributed by atoms with Crippen molar-refractivity contribution in [2.24, 2.45) is 0 Å². The van der Waals surface area contributed by atoms with Crippen molar-refractivity contribution in [3.8, 4) is 0 Å². The summed E-state index contributed by atoms with van der Waals surface area (Å²) < 4.78 is 0. The Kier molecular flexibility index (Phi) is 4.40. The van der Waals surface area contributed by atoms with Gasteiger partial charge in [0, 0.05) is 29.0 Å². The predicted molar refractivity (Wildman–Crippen MR) is 82.7 cm³/mol. The molecular formula is C15H20N4O. The number of nitrogens with two attached hydrogens (primary N) is 1. The van der Waals surface area contributed by atoms with Gasteiger partial charge in [0.1, 0.15) is 0 Å². The summed E-state index contributed by atoms with van der Waals surface area (Å²) in [6.45, 7) is 4.89. The summed E-state index contributed by atoms with van der Waals surface area (Å²) in [5.41, 5.74) is 9.15. The van der Waals surface area contributed by atoms with Crippen LogP contribution in [0.2, 0.25) is 0 Å². The number of carbonyl (C=O) groups excluding carboxylic acids is 1. The summed E-state index contributed by atoms with van der Waals surface area (Å²) in [6.07, 6.45) is 0.930. The molecule has 0 atom stereocenters. The molecule has 0 unspecified atom stereocenters. The van der Waals surface area contributed by atoms with E-state index in [1.165, 1.54) is 0 Å². The highest BCUT2D eigenvalue weighted by Crippen LogP contribution is 2.25. The zero-order valence-corrected chi connectivity index (χ0v) is 11.9. The number of carbonyl (C=O) groups is 1. The molecule has 1 heterocycles. The minimum Gasteiger partial charge on any atom is -0.399 e. The van der Waals surface area contributed by atoms with Gasteiger partial charge in [-0.25, -0.2) is 0 Å². The minimum absolute atomic E-state index is 0.0154. The molecule has 0 radical (unpaired) electrons. The topological polar surface area (TPSA) is 80.0 Å². The molecule has 1 aromatic heterocycles. The van der Waals surface area contributed by atoms with Crippen molar-refractivity contribution >= 4 is 28.2 Å². The number of pyridine rings is 1. The van der Waals surface area contributed by atoms with Crippen molar-refractivity contribution in [3.05, 3.63) is 30.0 Å². The molecule has 0 saturated carbocycles. The van der Waals surface area contributed by atoms with E-state index >= 15 is 0 Å². The Hall–Kier alpha value is -2.30. The predicted octanol–water partition coefficient (Wildman–Crippen LogP) is 2.06. The number of nitrogen functional groups attached to an aromatic ring is 1. The van der Waals surface area contributed by atoms with Gasteiger partial charge in [0.2, 0.25) is 5.91 Å². The molecule has 0 aliphatic heterocycles. The van der Waals surface area contributed by atoms with Crippen molar-refractivity contribution in [1.29, 1.82) is 0 Å². The molecular weight excluding hydrogens is 252 g/mol. The molecule has 0 spiro atoms. The molecule has 0 aliphatic carbocycles. The molecule has 106 valence electrons. The van der Waals surface area contributed by atoms with E-state index < -0.39 is 0 Å². The van der Waals surface area contributed by atoms with E-state index in [-0.39, 0.29) is 12.5 Å². The smallest absolute Gasteiger partial charge is 0.239 e. The number of rotatable bonds is 5. The fraction of sp³-hybridized carbons (Fsp3) is 0.333. The van der Waals surface area contributed by atoms with Crippen LogP contribution in [0.1, 0.15) is 19.0 Å². The second-order valence-corrected chi connectivity index (χ2v) is 4.79. The van der Waals surface area contributed by atoms with Crippen LogP contribution < -0.4 is 16.4 Å². The third kappa shape index (κ3) is 3.38. The standard InChI is InChI=1S/C15H20N4O/c1-3-6-17-15(20)9-18-14-7-10(2)19-13-5-4-11(16)8-12(13)14/h4-5,7-8H,3,6,9,16H2,1-2H3,(H,17,20)(H,18,19). The van der Waals surface area contributed by atoms with Crippen LogP contribution >= 0.6 is 0 Å². The number of nitrogens with zero attached hydrogens (tertiary/aromatic N) is 1. The lowest BCUT2D eigenvalue weighted by atomic mass is 10.1. The molecule has 5 nitrogen and oxygen atoms in total. The molecule has 1 aromatic carbocycles. The van der Waals surface area contributed by atoms with E-state index in [1.807, 2.05) is 38.1 Å². The first-order valence-corrected chi connectivity index (χ1v) is 6.77. The van der Waals surface area contributed by atoms with Crippen LogP contribution in [-0.4, -0.2) is 24.0 Å². The van der Waals surface area contributed by atoms with Gasteiger partial charge >= 0.3 is 0 Å². The molecule has 0 fully saturated rings. The maximum Gasteiger partial charge on any atom is 0.239 e. The van der Waals surface area contributed by atoms with Crippen molar-refractivity contribution < 1.29 is 4.79 Å². The van der Waals surface area contributed by atoms with E-state index in [9.17, 15) is 4.79 Å². The molecule has 20 heavy (non-hydrogen) atoms. The Bertz CT molecular complexity index is 625. The molecule has 1 amide bonds. The summed E-state index contributed by atoms with van der Waals surface area (Å²) in [7, 11) is 0. The fourth-order valence-corrected chi connectivity index (χ4v) is 2.02. The van der Waals surface area contributed by atoms with E-state index in [0.29, 0.717) is 12.2 Å². The SMILES string of the molecule is CCCNC(=O)CNc1cc(C)nc2ccc(N)cc12. The zero-order chi connectivity index (χ0) is 14.5. The largest absolute Gasteiger partial charge is 0.399 e. The fourth-order valence-electron chi connectivity index (χ4n) is 2.02. The Balaban J connectivity index is 2.20. The molecule has 2 rings (SSSR count). The summed E-state index contributed by atoms with van der Waals surface area (Å²) in [6, 6.07) is 7.51. The highest BCUT2D eigenvalue weighted by molar-refractivity contribution is 5.94. The van der Waals surface area contributed by atoms with Crippen LogP contribution in [0.25, 0.3) is 10.9 Å². The third-order valence-electron chi connectivity index (χ3n) is 2.97. The highest BCUT2D eigenvalue weighted by atomic mass is 16.1. The van der Waals surface area contributed by atoms with Crippen LogP contribution in [-0.2, 0) is 4.79 Å². The molecule has 5 heteroatoms. The number of aryl methyl sites for hydroxylation is 1. The van der Waals surface area contributed by atoms with Gasteiger partial charge in [-0.2, -0.15) is 0 Å². The number of anilines is 2. The third-order valence-corrected chi connectivity index (χ3v) is 2.97. The first-order valence-electron chi connectivity index (χ1n) is 6.77. The Morgan fingerprint density at radius 1 is 1.35 bits per heavy atom. The lowest BCUT2D eigenvalue weighted by molar-refractivity contribution is -0.119. The average Bonchev–Trinajstić information content (AvgIpc) is 2.43. The van der Waals surface area contributed by atoms with E-state index in [4.69, 9.17) is 5.73 Å². The monoisotopic (exact) mass is 272 g/mol. The molecule has 2 aromatic rings. The molecule has 4 N–H and O–H groups in total. The van der Waals surface area contributed by atoms with Crippen LogP contribution in [0.3, 0.4) is 0 Å². The van der Waals surface area contributed by atoms with Crippen molar-refractivity contribution in [2.75, 3.05) is 24.1 Å². The number of hydrogen-bond donors (Lipinski definition) is 3. The lowest BCUT2D eigenvalue weighted by Gasteiger charge is -2.11. The van der Waals surface area contributed by atoms with Crippen molar-refractivity contribution in [1.82, 2.24) is 10.3 Å². The van der Waals surface area contributed by atoms with Crippen molar-refractivity contribution in [2.45, 2.75) is 20.3 Å². The summed E-state index contributed by atoms with van der Waals surface area (Å²) in [5.74, 6) is -0.0154. The lowest BCUT2D eigenvalue weighted by Crippen LogP contribution is -2.30. The number of benzene rings is 1. The van der Waals surface area contributed by atoms with E-state index in [0.717, 1.165) is 28.7 Å². The summed E-state index contributed by atoms with van der Waals surface area (Å²) in [5, 5.41) is 6.92. The summed E-state index contributed by atoms with van der Waals surface area (Å²) >= 11 is 0. The maximum absolute atomic E-state index is 11.6. The van der Waals surface area contributed by atoms with Gasteiger partial charge in [-0.15, -0.1) is 0 Å². The first-order chi connectivity index (χ1) is 9.60. The first kappa shape index (κ1) is 14.1. The maximum atomic E-state index is 11.6. The average molecular weight is 272 g/mol. The van der Waals surface area contributed by atoms with Crippen LogP contribution in [0.5, 0.6) is 0 Å². The Morgan fingerprint density at radius 2 is 2.15 bits per heavy atom. The number of nitrogens with one attached hydrogen (secondary N) is 2. The Morgan fingerprint density at radius 3 is 2.90 bits per heavy atom. The molecule has 0 saturated heterocycles. The van der Waals surface area contributed by atoms with Gasteiger partial charge in [0.15, 0.2) is 0 Å². The number of hydrogen-bond acceptors (Lipinski definition) is 4. The van der Waals surface area contributed by atoms with E-state index in [2.05, 4.69) is 15.6 Å². The Labute approximate surface area is 118 Å². The second-order valence-electron chi connectivity index (χ2n) is 4.79. The van der Waals surface area contributed by atoms with Crippen LogP contribution in [0, 0.1) is 6.92 Å². The van der Waals surface area contributed by atoms with Gasteiger partial charge in [0.25, 0.3) is 0 Å². The number of fused-ring (bicyclic) bond motifs is 1. The zero-order valence-electron chi connectivity index (χ0n) is 11.9. The molecule has 0 bridgehead atoms. The minimum atomic E-state index is -0.0154. The normalized spacial score (nSPS) is 10.5. The van der Waals surface area contributed by atoms with Gasteiger partial charge < -0.3 is 16.4 Å². The van der Waals surface area contributed by atoms with Gasteiger partial charge in [-0.1, -0.05) is 6.92 Å².